The molecule has 8 heteroatoms. The molecule has 108 valence electrons. The highest BCUT2D eigenvalue weighted by Crippen LogP contribution is 2.18. The van der Waals surface area contributed by atoms with E-state index in [1.807, 2.05) is 0 Å². The van der Waals surface area contributed by atoms with Crippen LogP contribution in [-0.4, -0.2) is 50.7 Å². The van der Waals surface area contributed by atoms with E-state index < -0.39 is 45.4 Å². The van der Waals surface area contributed by atoms with E-state index in [2.05, 4.69) is 0 Å². The number of benzene rings is 1. The molecule has 1 fully saturated rings. The van der Waals surface area contributed by atoms with Crippen molar-refractivity contribution in [2.75, 3.05) is 24.6 Å². The van der Waals surface area contributed by atoms with Crippen molar-refractivity contribution in [1.29, 1.82) is 0 Å². The van der Waals surface area contributed by atoms with E-state index in [4.69, 9.17) is 5.11 Å². The predicted molar refractivity (Wildman–Crippen MR) is 67.1 cm³/mol. The Balaban J connectivity index is 2.36. The third-order valence-electron chi connectivity index (χ3n) is 2.99. The number of hydrogen-bond acceptors (Lipinski definition) is 3. The van der Waals surface area contributed by atoms with Crippen molar-refractivity contribution >= 4 is 22.7 Å². The van der Waals surface area contributed by atoms with E-state index in [0.29, 0.717) is 12.1 Å². The summed E-state index contributed by atoms with van der Waals surface area (Å²) in [6.07, 6.45) is 0. The lowest BCUT2D eigenvalue weighted by Gasteiger charge is -2.26. The average molecular weight is 303 g/mol. The summed E-state index contributed by atoms with van der Waals surface area (Å²) in [5.74, 6) is -4.22. The smallest absolute Gasteiger partial charge is 0.336 e. The van der Waals surface area contributed by atoms with Crippen LogP contribution in [0.25, 0.3) is 0 Å². The summed E-state index contributed by atoms with van der Waals surface area (Å²) in [4.78, 5) is 24.5. The Kier molecular flexibility index (Phi) is 4.12. The summed E-state index contributed by atoms with van der Waals surface area (Å²) in [7, 11) is -1.00. The molecule has 0 aromatic heterocycles. The Bertz CT molecular complexity index is 595. The minimum Gasteiger partial charge on any atom is -0.478 e. The molecule has 0 bridgehead atoms. The Hall–Kier alpha value is -1.83. The molecule has 1 amide bonds. The highest BCUT2D eigenvalue weighted by Gasteiger charge is 2.26. The predicted octanol–water partition coefficient (Wildman–Crippen LogP) is 0.868. The van der Waals surface area contributed by atoms with Crippen LogP contribution in [0.15, 0.2) is 12.1 Å². The van der Waals surface area contributed by atoms with Crippen molar-refractivity contribution in [2.45, 2.75) is 0 Å². The largest absolute Gasteiger partial charge is 0.478 e. The Morgan fingerprint density at radius 1 is 1.10 bits per heavy atom. The van der Waals surface area contributed by atoms with Gasteiger partial charge in [-0.25, -0.2) is 13.6 Å². The van der Waals surface area contributed by atoms with Gasteiger partial charge in [0.2, 0.25) is 0 Å². The van der Waals surface area contributed by atoms with Gasteiger partial charge < -0.3 is 10.0 Å². The van der Waals surface area contributed by atoms with Gasteiger partial charge in [0.1, 0.15) is 0 Å². The summed E-state index contributed by atoms with van der Waals surface area (Å²) in [5, 5.41) is 8.96. The minimum absolute atomic E-state index is 0.198. The first-order valence-electron chi connectivity index (χ1n) is 5.76. The molecule has 5 nitrogen and oxygen atoms in total. The molecule has 1 aromatic carbocycles. The van der Waals surface area contributed by atoms with Crippen LogP contribution in [0.3, 0.4) is 0 Å². The second-order valence-corrected chi connectivity index (χ2v) is 5.95. The standard InChI is InChI=1S/C12H11F2NO4S/c13-9-5-7(8(12(17)18)6-10(9)14)11(16)15-1-3-20(19)4-2-15/h5-6H,1-4H2,(H,17,18). The molecule has 1 N–H and O–H groups in total. The number of amides is 1. The van der Waals surface area contributed by atoms with E-state index in [0.717, 1.165) is 0 Å². The van der Waals surface area contributed by atoms with Crippen LogP contribution in [-0.2, 0) is 10.8 Å². The fourth-order valence-corrected chi connectivity index (χ4v) is 2.96. The first-order chi connectivity index (χ1) is 9.40. The van der Waals surface area contributed by atoms with Gasteiger partial charge in [-0.3, -0.25) is 9.00 Å². The third kappa shape index (κ3) is 2.84. The molecular formula is C12H11F2NO4S. The van der Waals surface area contributed by atoms with Crippen LogP contribution in [0.5, 0.6) is 0 Å². The highest BCUT2D eigenvalue weighted by molar-refractivity contribution is 7.85. The molecule has 1 aliphatic heterocycles. The zero-order chi connectivity index (χ0) is 14.9. The second-order valence-electron chi connectivity index (χ2n) is 4.26. The van der Waals surface area contributed by atoms with E-state index in [-0.39, 0.29) is 24.6 Å². The Morgan fingerprint density at radius 3 is 2.10 bits per heavy atom. The van der Waals surface area contributed by atoms with Gasteiger partial charge in [0, 0.05) is 35.4 Å². The second kappa shape index (κ2) is 5.66. The number of rotatable bonds is 2. The number of carboxylic acids is 1. The molecule has 1 aliphatic rings. The van der Waals surface area contributed by atoms with Gasteiger partial charge in [0.05, 0.1) is 11.1 Å². The lowest BCUT2D eigenvalue weighted by Crippen LogP contribution is -2.42. The van der Waals surface area contributed by atoms with Crippen LogP contribution >= 0.6 is 0 Å². The van der Waals surface area contributed by atoms with Gasteiger partial charge in [0.15, 0.2) is 11.6 Å². The number of hydrogen-bond donors (Lipinski definition) is 1. The Labute approximate surface area is 115 Å². The summed E-state index contributed by atoms with van der Waals surface area (Å²) in [5.41, 5.74) is -0.982. The van der Waals surface area contributed by atoms with E-state index in [9.17, 15) is 22.6 Å². The number of nitrogens with zero attached hydrogens (tertiary/aromatic N) is 1. The summed E-state index contributed by atoms with van der Waals surface area (Å²) in [6.45, 7) is 0.396. The highest BCUT2D eigenvalue weighted by atomic mass is 32.2. The molecule has 0 aliphatic carbocycles. The van der Waals surface area contributed by atoms with E-state index >= 15 is 0 Å². The molecule has 1 saturated heterocycles. The van der Waals surface area contributed by atoms with E-state index in [1.54, 1.807) is 0 Å². The monoisotopic (exact) mass is 303 g/mol. The van der Waals surface area contributed by atoms with E-state index in [1.165, 1.54) is 4.90 Å². The van der Waals surface area contributed by atoms with Crippen LogP contribution in [0.2, 0.25) is 0 Å². The van der Waals surface area contributed by atoms with Gasteiger partial charge in [-0.2, -0.15) is 0 Å². The van der Waals surface area contributed by atoms with Gasteiger partial charge in [-0.1, -0.05) is 0 Å². The molecular weight excluding hydrogens is 292 g/mol. The molecule has 0 radical (unpaired) electrons. The molecule has 0 unspecified atom stereocenters. The molecule has 0 spiro atoms. The van der Waals surface area contributed by atoms with Gasteiger partial charge in [-0.05, 0) is 12.1 Å². The van der Waals surface area contributed by atoms with Gasteiger partial charge in [0.25, 0.3) is 5.91 Å². The fourth-order valence-electron chi connectivity index (χ4n) is 1.91. The normalized spacial score (nSPS) is 16.2. The third-order valence-corrected chi connectivity index (χ3v) is 4.26. The first kappa shape index (κ1) is 14.6. The maximum absolute atomic E-state index is 13.2. The first-order valence-corrected chi connectivity index (χ1v) is 7.25. The zero-order valence-corrected chi connectivity index (χ0v) is 11.1. The van der Waals surface area contributed by atoms with Crippen molar-refractivity contribution in [3.63, 3.8) is 0 Å². The maximum atomic E-state index is 13.2. The SMILES string of the molecule is O=C(O)c1cc(F)c(F)cc1C(=O)N1CCS(=O)CC1. The van der Waals surface area contributed by atoms with Crippen LogP contribution < -0.4 is 0 Å². The van der Waals surface area contributed by atoms with Crippen molar-refractivity contribution < 1.29 is 27.7 Å². The minimum atomic E-state index is -1.51. The molecule has 20 heavy (non-hydrogen) atoms. The number of carbonyl (C=O) groups is 2. The fraction of sp³-hybridized carbons (Fsp3) is 0.333. The zero-order valence-electron chi connectivity index (χ0n) is 10.3. The number of aromatic carboxylic acids is 1. The number of carbonyl (C=O) groups excluding carboxylic acids is 1. The van der Waals surface area contributed by atoms with Crippen molar-refractivity contribution in [1.82, 2.24) is 4.90 Å². The van der Waals surface area contributed by atoms with Crippen molar-refractivity contribution in [2.24, 2.45) is 0 Å². The summed E-state index contributed by atoms with van der Waals surface area (Å²) >= 11 is 0. The molecule has 2 rings (SSSR count). The molecule has 0 saturated carbocycles. The van der Waals surface area contributed by atoms with Crippen molar-refractivity contribution in [3.8, 4) is 0 Å². The van der Waals surface area contributed by atoms with Crippen LogP contribution in [0, 0.1) is 11.6 Å². The van der Waals surface area contributed by atoms with Gasteiger partial charge >= 0.3 is 5.97 Å². The number of halogens is 2. The summed E-state index contributed by atoms with van der Waals surface area (Å²) < 4.78 is 37.5. The Morgan fingerprint density at radius 2 is 1.60 bits per heavy atom. The quantitative estimate of drug-likeness (QED) is 0.879. The molecule has 0 atom stereocenters. The molecule has 1 aromatic rings. The lowest BCUT2D eigenvalue weighted by molar-refractivity contribution is 0.0677. The maximum Gasteiger partial charge on any atom is 0.336 e. The van der Waals surface area contributed by atoms with Gasteiger partial charge in [-0.15, -0.1) is 0 Å². The summed E-state index contributed by atoms with van der Waals surface area (Å²) in [6, 6.07) is 1.08. The lowest BCUT2D eigenvalue weighted by atomic mass is 10.1. The topological polar surface area (TPSA) is 74.7 Å². The van der Waals surface area contributed by atoms with Crippen molar-refractivity contribution in [3.05, 3.63) is 34.9 Å². The number of carboxylic acid groups (broad SMARTS) is 1. The van der Waals surface area contributed by atoms with Crippen LogP contribution in [0.1, 0.15) is 20.7 Å². The molecule has 1 heterocycles. The van der Waals surface area contributed by atoms with Crippen LogP contribution in [0.4, 0.5) is 8.78 Å². The average Bonchev–Trinajstić information content (AvgIpc) is 2.41.